The number of nitrogens with one attached hydrogen (secondary N) is 1. The summed E-state index contributed by atoms with van der Waals surface area (Å²) in [6.45, 7) is 0. The van der Waals surface area contributed by atoms with E-state index in [1.165, 1.54) is 0 Å². The Bertz CT molecular complexity index is 345. The molecule has 1 aliphatic heterocycles. The normalized spacial score (nSPS) is 24.6. The van der Waals surface area contributed by atoms with Gasteiger partial charge in [-0.05, 0) is 12.8 Å². The van der Waals surface area contributed by atoms with Crippen molar-refractivity contribution in [1.82, 2.24) is 10.4 Å². The number of hydrazine groups is 1. The van der Waals surface area contributed by atoms with Crippen LogP contribution in [-0.2, 0) is 9.53 Å². The Morgan fingerprint density at radius 2 is 2.62 bits per heavy atom. The van der Waals surface area contributed by atoms with Gasteiger partial charge in [0.1, 0.15) is 10.4 Å². The van der Waals surface area contributed by atoms with Gasteiger partial charge in [0.25, 0.3) is 5.91 Å². The number of nitrogens with zero attached hydrogens (tertiary/aromatic N) is 1. The van der Waals surface area contributed by atoms with E-state index in [2.05, 4.69) is 10.4 Å². The molecule has 2 atom stereocenters. The van der Waals surface area contributed by atoms with Crippen LogP contribution in [0, 0.1) is 0 Å². The number of aromatic nitrogens is 1. The van der Waals surface area contributed by atoms with E-state index in [-0.39, 0.29) is 18.1 Å². The van der Waals surface area contributed by atoms with Gasteiger partial charge < -0.3 is 4.74 Å². The van der Waals surface area contributed by atoms with Crippen molar-refractivity contribution in [1.29, 1.82) is 0 Å². The molecule has 2 unspecified atom stereocenters. The zero-order valence-electron chi connectivity index (χ0n) is 8.59. The maximum atomic E-state index is 11.2. The van der Waals surface area contributed by atoms with Crippen molar-refractivity contribution in [2.24, 2.45) is 5.84 Å². The second-order valence-electron chi connectivity index (χ2n) is 3.44. The number of thioether (sulfide) groups is 1. The van der Waals surface area contributed by atoms with Crippen LogP contribution in [0.5, 0.6) is 0 Å². The molecule has 1 aromatic heterocycles. The van der Waals surface area contributed by atoms with E-state index in [1.807, 2.05) is 5.38 Å². The molecule has 5 nitrogen and oxygen atoms in total. The Balaban J connectivity index is 1.75. The SMILES string of the molecule is NNC(=O)C1CCC(CSc2nccs2)O1. The summed E-state index contributed by atoms with van der Waals surface area (Å²) in [5, 5.41) is 1.95. The minimum absolute atomic E-state index is 0.121. The van der Waals surface area contributed by atoms with Gasteiger partial charge in [-0.1, -0.05) is 11.8 Å². The molecule has 0 spiro atoms. The first-order valence-electron chi connectivity index (χ1n) is 4.98. The van der Waals surface area contributed by atoms with Crippen molar-refractivity contribution in [3.8, 4) is 0 Å². The second kappa shape index (κ2) is 5.62. The Kier molecular flexibility index (Phi) is 4.16. The van der Waals surface area contributed by atoms with Gasteiger partial charge in [0.05, 0.1) is 6.10 Å². The molecule has 1 aliphatic rings. The Morgan fingerprint density at radius 3 is 3.31 bits per heavy atom. The average Bonchev–Trinajstić information content (AvgIpc) is 2.96. The zero-order chi connectivity index (χ0) is 11.4. The van der Waals surface area contributed by atoms with E-state index < -0.39 is 0 Å². The van der Waals surface area contributed by atoms with Crippen LogP contribution in [0.25, 0.3) is 0 Å². The van der Waals surface area contributed by atoms with E-state index in [4.69, 9.17) is 10.6 Å². The molecule has 1 saturated heterocycles. The van der Waals surface area contributed by atoms with Gasteiger partial charge in [-0.15, -0.1) is 11.3 Å². The van der Waals surface area contributed by atoms with Crippen molar-refractivity contribution in [3.05, 3.63) is 11.6 Å². The molecule has 1 amide bonds. The summed E-state index contributed by atoms with van der Waals surface area (Å²) in [6, 6.07) is 0. The number of rotatable bonds is 4. The standard InChI is InChI=1S/C9H13N3O2S2/c10-12-8(13)7-2-1-6(14-7)5-16-9-11-3-4-15-9/h3-4,6-7H,1-2,5,10H2,(H,12,13). The molecule has 2 rings (SSSR count). The molecule has 0 bridgehead atoms. The lowest BCUT2D eigenvalue weighted by Gasteiger charge is -2.11. The highest BCUT2D eigenvalue weighted by Crippen LogP contribution is 2.27. The van der Waals surface area contributed by atoms with E-state index in [0.717, 1.165) is 22.9 Å². The van der Waals surface area contributed by atoms with Gasteiger partial charge in [0, 0.05) is 17.3 Å². The van der Waals surface area contributed by atoms with Crippen LogP contribution in [0.2, 0.25) is 0 Å². The highest BCUT2D eigenvalue weighted by Gasteiger charge is 2.30. The first kappa shape index (κ1) is 11.8. The van der Waals surface area contributed by atoms with Gasteiger partial charge in [0.15, 0.2) is 0 Å². The van der Waals surface area contributed by atoms with E-state index >= 15 is 0 Å². The van der Waals surface area contributed by atoms with Crippen LogP contribution >= 0.6 is 23.1 Å². The van der Waals surface area contributed by atoms with Crippen molar-refractivity contribution in [2.75, 3.05) is 5.75 Å². The number of nitrogens with two attached hydrogens (primary N) is 1. The highest BCUT2D eigenvalue weighted by atomic mass is 32.2. The molecule has 0 radical (unpaired) electrons. The van der Waals surface area contributed by atoms with Crippen LogP contribution < -0.4 is 11.3 Å². The lowest BCUT2D eigenvalue weighted by atomic mass is 10.2. The van der Waals surface area contributed by atoms with Gasteiger partial charge in [0.2, 0.25) is 0 Å². The summed E-state index contributed by atoms with van der Waals surface area (Å²) in [4.78, 5) is 15.4. The third-order valence-corrected chi connectivity index (χ3v) is 4.44. The topological polar surface area (TPSA) is 77.2 Å². The summed E-state index contributed by atoms with van der Waals surface area (Å²) in [5.41, 5.74) is 2.12. The molecule has 0 aromatic carbocycles. The van der Waals surface area contributed by atoms with Gasteiger partial charge in [-0.3, -0.25) is 10.2 Å². The number of amides is 1. The number of ether oxygens (including phenoxy) is 1. The number of carbonyl (C=O) groups is 1. The first-order valence-corrected chi connectivity index (χ1v) is 6.84. The first-order chi connectivity index (χ1) is 7.79. The van der Waals surface area contributed by atoms with Crippen LogP contribution in [0.15, 0.2) is 15.9 Å². The lowest BCUT2D eigenvalue weighted by Crippen LogP contribution is -2.39. The molecule has 88 valence electrons. The predicted molar refractivity (Wildman–Crippen MR) is 63.1 cm³/mol. The van der Waals surface area contributed by atoms with Crippen molar-refractivity contribution in [3.63, 3.8) is 0 Å². The van der Waals surface area contributed by atoms with Crippen molar-refractivity contribution < 1.29 is 9.53 Å². The number of carbonyl (C=O) groups excluding carboxylic acids is 1. The maximum absolute atomic E-state index is 11.2. The van der Waals surface area contributed by atoms with E-state index in [9.17, 15) is 4.79 Å². The Morgan fingerprint density at radius 1 is 1.75 bits per heavy atom. The molecule has 1 aromatic rings. The zero-order valence-corrected chi connectivity index (χ0v) is 10.2. The average molecular weight is 259 g/mol. The summed E-state index contributed by atoms with van der Waals surface area (Å²) in [6.07, 6.45) is 3.17. The van der Waals surface area contributed by atoms with Gasteiger partial charge >= 0.3 is 0 Å². The fraction of sp³-hybridized carbons (Fsp3) is 0.556. The third-order valence-electron chi connectivity index (χ3n) is 2.34. The largest absolute Gasteiger partial charge is 0.364 e. The smallest absolute Gasteiger partial charge is 0.263 e. The minimum Gasteiger partial charge on any atom is -0.364 e. The van der Waals surface area contributed by atoms with Crippen LogP contribution in [0.1, 0.15) is 12.8 Å². The predicted octanol–water partition coefficient (Wildman–Crippen LogP) is 0.773. The number of thiazole rings is 1. The second-order valence-corrected chi connectivity index (χ2v) is 5.60. The summed E-state index contributed by atoms with van der Waals surface area (Å²) in [5.74, 6) is 5.66. The molecule has 3 N–H and O–H groups in total. The lowest BCUT2D eigenvalue weighted by molar-refractivity contribution is -0.131. The summed E-state index contributed by atoms with van der Waals surface area (Å²) >= 11 is 3.28. The van der Waals surface area contributed by atoms with Gasteiger partial charge in [-0.25, -0.2) is 10.8 Å². The molecule has 2 heterocycles. The van der Waals surface area contributed by atoms with Crippen LogP contribution in [-0.4, -0.2) is 28.9 Å². The highest BCUT2D eigenvalue weighted by molar-refractivity contribution is 8.01. The maximum Gasteiger partial charge on any atom is 0.263 e. The third kappa shape index (κ3) is 2.94. The quantitative estimate of drug-likeness (QED) is 0.361. The summed E-state index contributed by atoms with van der Waals surface area (Å²) < 4.78 is 6.61. The summed E-state index contributed by atoms with van der Waals surface area (Å²) in [7, 11) is 0. The fourth-order valence-electron chi connectivity index (χ4n) is 1.56. The van der Waals surface area contributed by atoms with E-state index in [1.54, 1.807) is 29.3 Å². The Labute approximate surface area is 102 Å². The molecular formula is C9H13N3O2S2. The number of hydrogen-bond acceptors (Lipinski definition) is 6. The van der Waals surface area contributed by atoms with Crippen molar-refractivity contribution in [2.45, 2.75) is 29.4 Å². The fourth-order valence-corrected chi connectivity index (χ4v) is 3.27. The Hall–Kier alpha value is -0.630. The minimum atomic E-state index is -0.383. The molecular weight excluding hydrogens is 246 g/mol. The van der Waals surface area contributed by atoms with Crippen LogP contribution in [0.3, 0.4) is 0 Å². The van der Waals surface area contributed by atoms with Crippen molar-refractivity contribution >= 4 is 29.0 Å². The molecule has 1 fully saturated rings. The molecule has 16 heavy (non-hydrogen) atoms. The monoisotopic (exact) mass is 259 g/mol. The molecule has 0 saturated carbocycles. The van der Waals surface area contributed by atoms with E-state index in [0.29, 0.717) is 0 Å². The molecule has 0 aliphatic carbocycles. The molecule has 7 heteroatoms. The number of hydrogen-bond donors (Lipinski definition) is 2. The van der Waals surface area contributed by atoms with Gasteiger partial charge in [-0.2, -0.15) is 0 Å². The van der Waals surface area contributed by atoms with Crippen LogP contribution in [0.4, 0.5) is 0 Å².